The largest absolute Gasteiger partial charge is 0.493 e. The Morgan fingerprint density at radius 2 is 2.29 bits per heavy atom. The van der Waals surface area contributed by atoms with Gasteiger partial charge in [-0.05, 0) is 35.0 Å². The number of aryl methyl sites for hydroxylation is 1. The van der Waals surface area contributed by atoms with Crippen molar-refractivity contribution in [3.8, 4) is 5.75 Å². The molecule has 0 radical (unpaired) electrons. The summed E-state index contributed by atoms with van der Waals surface area (Å²) in [6.45, 7) is 3.79. The topological polar surface area (TPSA) is 52.0 Å². The molecular weight excluding hydrogens is 332 g/mol. The van der Waals surface area contributed by atoms with Crippen LogP contribution in [-0.4, -0.2) is 28.1 Å². The van der Waals surface area contributed by atoms with Gasteiger partial charge >= 0.3 is 0 Å². The highest BCUT2D eigenvalue weighted by molar-refractivity contribution is 9.10. The molecule has 0 bridgehead atoms. The first kappa shape index (κ1) is 14.5. The summed E-state index contributed by atoms with van der Waals surface area (Å²) in [4.78, 5) is 0. The summed E-state index contributed by atoms with van der Waals surface area (Å²) in [6, 6.07) is 8.38. The van der Waals surface area contributed by atoms with Gasteiger partial charge in [0.1, 0.15) is 5.75 Å². The van der Waals surface area contributed by atoms with E-state index in [0.717, 1.165) is 29.0 Å². The van der Waals surface area contributed by atoms with Crippen LogP contribution in [0.3, 0.4) is 0 Å². The number of benzene rings is 1. The van der Waals surface area contributed by atoms with Crippen molar-refractivity contribution in [3.63, 3.8) is 0 Å². The number of ether oxygens (including phenoxy) is 1. The third kappa shape index (κ3) is 2.70. The van der Waals surface area contributed by atoms with Crippen molar-refractivity contribution < 1.29 is 4.74 Å². The summed E-state index contributed by atoms with van der Waals surface area (Å²) in [6.07, 6.45) is 1.08. The monoisotopic (exact) mass is 350 g/mol. The molecule has 1 aliphatic rings. The second-order valence-corrected chi connectivity index (χ2v) is 6.03. The van der Waals surface area contributed by atoms with E-state index in [-0.39, 0.29) is 12.0 Å². The number of aromatic nitrogens is 3. The molecule has 1 N–H and O–H groups in total. The van der Waals surface area contributed by atoms with Gasteiger partial charge in [0.2, 0.25) is 0 Å². The Bertz CT molecular complexity index is 608. The molecule has 0 aliphatic carbocycles. The molecule has 0 amide bonds. The van der Waals surface area contributed by atoms with Gasteiger partial charge in [-0.25, -0.2) is 4.68 Å². The number of fused-ring (bicyclic) bond motifs is 1. The minimum absolute atomic E-state index is 0.128. The van der Waals surface area contributed by atoms with Gasteiger partial charge in [-0.15, -0.1) is 5.10 Å². The Balaban J connectivity index is 1.98. The second-order valence-electron chi connectivity index (χ2n) is 5.28. The van der Waals surface area contributed by atoms with Crippen LogP contribution in [0.1, 0.15) is 36.6 Å². The minimum atomic E-state index is 0.128. The van der Waals surface area contributed by atoms with Crippen LogP contribution in [0.25, 0.3) is 0 Å². The van der Waals surface area contributed by atoms with E-state index in [2.05, 4.69) is 50.6 Å². The van der Waals surface area contributed by atoms with Crippen LogP contribution in [0.4, 0.5) is 0 Å². The zero-order valence-corrected chi connectivity index (χ0v) is 13.8. The predicted octanol–water partition coefficient (Wildman–Crippen LogP) is 2.79. The van der Waals surface area contributed by atoms with Crippen LogP contribution in [0.15, 0.2) is 28.9 Å². The molecule has 2 aromatic rings. The van der Waals surface area contributed by atoms with Gasteiger partial charge in [0.15, 0.2) is 4.60 Å². The van der Waals surface area contributed by atoms with Crippen LogP contribution >= 0.6 is 15.9 Å². The summed E-state index contributed by atoms with van der Waals surface area (Å²) in [5.74, 6) is 1.25. The first-order valence-corrected chi connectivity index (χ1v) is 8.01. The molecule has 0 saturated heterocycles. The van der Waals surface area contributed by atoms with Crippen molar-refractivity contribution >= 4 is 15.9 Å². The fraction of sp³-hybridized carbons (Fsp3) is 0.467. The maximum atomic E-state index is 5.84. The molecule has 2 heterocycles. The molecule has 0 fully saturated rings. The molecule has 1 aromatic carbocycles. The molecular formula is C15H19BrN4O. The average molecular weight is 351 g/mol. The molecule has 3 rings (SSSR count). The fourth-order valence-corrected chi connectivity index (χ4v) is 3.44. The predicted molar refractivity (Wildman–Crippen MR) is 84.4 cm³/mol. The summed E-state index contributed by atoms with van der Waals surface area (Å²) in [7, 11) is 1.93. The molecule has 1 aromatic heterocycles. The van der Waals surface area contributed by atoms with E-state index in [1.54, 1.807) is 0 Å². The lowest BCUT2D eigenvalue weighted by Crippen LogP contribution is -2.30. The SMILES string of the molecule is CCCNC(c1c(Br)nnn1C)C1COc2ccccc21. The van der Waals surface area contributed by atoms with E-state index in [9.17, 15) is 0 Å². The number of hydrogen-bond acceptors (Lipinski definition) is 4. The molecule has 0 spiro atoms. The van der Waals surface area contributed by atoms with E-state index >= 15 is 0 Å². The van der Waals surface area contributed by atoms with Crippen molar-refractivity contribution in [2.75, 3.05) is 13.2 Å². The van der Waals surface area contributed by atoms with Crippen LogP contribution in [0.2, 0.25) is 0 Å². The third-order valence-electron chi connectivity index (χ3n) is 3.87. The number of nitrogens with one attached hydrogen (secondary N) is 1. The molecule has 5 nitrogen and oxygen atoms in total. The van der Waals surface area contributed by atoms with Crippen molar-refractivity contribution in [1.29, 1.82) is 0 Å². The van der Waals surface area contributed by atoms with Gasteiger partial charge in [0.25, 0.3) is 0 Å². The molecule has 0 saturated carbocycles. The third-order valence-corrected chi connectivity index (χ3v) is 4.44. The van der Waals surface area contributed by atoms with E-state index in [4.69, 9.17) is 4.74 Å². The van der Waals surface area contributed by atoms with Crippen LogP contribution in [-0.2, 0) is 7.05 Å². The zero-order valence-electron chi connectivity index (χ0n) is 12.2. The first-order valence-electron chi connectivity index (χ1n) is 7.22. The van der Waals surface area contributed by atoms with Crippen LogP contribution < -0.4 is 10.1 Å². The maximum Gasteiger partial charge on any atom is 0.153 e. The quantitative estimate of drug-likeness (QED) is 0.900. The number of halogens is 1. The molecule has 112 valence electrons. The number of rotatable bonds is 5. The van der Waals surface area contributed by atoms with Gasteiger partial charge in [-0.3, -0.25) is 0 Å². The number of para-hydroxylation sites is 1. The van der Waals surface area contributed by atoms with E-state index in [1.165, 1.54) is 5.56 Å². The van der Waals surface area contributed by atoms with Crippen LogP contribution in [0.5, 0.6) is 5.75 Å². The normalized spacial score (nSPS) is 18.3. The Morgan fingerprint density at radius 3 is 3.00 bits per heavy atom. The lowest BCUT2D eigenvalue weighted by molar-refractivity contribution is 0.294. The zero-order chi connectivity index (χ0) is 14.8. The Morgan fingerprint density at radius 1 is 1.48 bits per heavy atom. The molecule has 21 heavy (non-hydrogen) atoms. The summed E-state index contributed by atoms with van der Waals surface area (Å²) >= 11 is 3.52. The van der Waals surface area contributed by atoms with E-state index in [1.807, 2.05) is 23.9 Å². The minimum Gasteiger partial charge on any atom is -0.493 e. The highest BCUT2D eigenvalue weighted by Crippen LogP contribution is 2.42. The van der Waals surface area contributed by atoms with Crippen molar-refractivity contribution in [2.24, 2.45) is 7.05 Å². The Kier molecular flexibility index (Phi) is 4.26. The van der Waals surface area contributed by atoms with Crippen molar-refractivity contribution in [2.45, 2.75) is 25.3 Å². The molecule has 1 aliphatic heterocycles. The fourth-order valence-electron chi connectivity index (χ4n) is 2.86. The Hall–Kier alpha value is -1.40. The Labute approximate surface area is 132 Å². The second kappa shape index (κ2) is 6.15. The first-order chi connectivity index (χ1) is 10.2. The number of hydrogen-bond donors (Lipinski definition) is 1. The standard InChI is InChI=1S/C15H19BrN4O/c1-3-8-17-13(14-15(16)18-19-20(14)2)11-9-21-12-7-5-4-6-10(11)12/h4-7,11,13,17H,3,8-9H2,1-2H3. The summed E-state index contributed by atoms with van der Waals surface area (Å²) in [5, 5.41) is 11.9. The highest BCUT2D eigenvalue weighted by atomic mass is 79.9. The van der Waals surface area contributed by atoms with Gasteiger partial charge < -0.3 is 10.1 Å². The van der Waals surface area contributed by atoms with Gasteiger partial charge in [0.05, 0.1) is 18.3 Å². The van der Waals surface area contributed by atoms with Gasteiger partial charge in [-0.2, -0.15) is 0 Å². The molecule has 2 unspecified atom stereocenters. The maximum absolute atomic E-state index is 5.84. The highest BCUT2D eigenvalue weighted by Gasteiger charge is 2.35. The van der Waals surface area contributed by atoms with Gasteiger partial charge in [0, 0.05) is 18.5 Å². The lowest BCUT2D eigenvalue weighted by Gasteiger charge is -2.24. The summed E-state index contributed by atoms with van der Waals surface area (Å²) < 4.78 is 8.47. The van der Waals surface area contributed by atoms with Crippen molar-refractivity contribution in [3.05, 3.63) is 40.1 Å². The number of nitrogens with zero attached hydrogens (tertiary/aromatic N) is 3. The van der Waals surface area contributed by atoms with E-state index < -0.39 is 0 Å². The summed E-state index contributed by atoms with van der Waals surface area (Å²) in [5.41, 5.74) is 2.31. The lowest BCUT2D eigenvalue weighted by atomic mass is 9.91. The average Bonchev–Trinajstić information content (AvgIpc) is 3.06. The molecule has 6 heteroatoms. The van der Waals surface area contributed by atoms with Gasteiger partial charge in [-0.1, -0.05) is 30.3 Å². The van der Waals surface area contributed by atoms with Crippen molar-refractivity contribution in [1.82, 2.24) is 20.3 Å². The smallest absolute Gasteiger partial charge is 0.153 e. The molecule has 2 atom stereocenters. The van der Waals surface area contributed by atoms with Crippen LogP contribution in [0, 0.1) is 0 Å². The van der Waals surface area contributed by atoms with E-state index in [0.29, 0.717) is 6.61 Å².